The molecule has 0 amide bonds. The number of halogens is 1. The lowest BCUT2D eigenvalue weighted by molar-refractivity contribution is 0.0698. The maximum absolute atomic E-state index is 11.0. The summed E-state index contributed by atoms with van der Waals surface area (Å²) >= 11 is 3.34. The molecule has 0 aliphatic carbocycles. The Morgan fingerprint density at radius 3 is 2.83 bits per heavy atom. The van der Waals surface area contributed by atoms with Crippen molar-refractivity contribution in [1.82, 2.24) is 4.98 Å². The number of para-hydroxylation sites is 1. The topological polar surface area (TPSA) is 62.2 Å². The predicted octanol–water partition coefficient (Wildman–Crippen LogP) is 3.15. The lowest BCUT2D eigenvalue weighted by Gasteiger charge is -2.09. The largest absolute Gasteiger partial charge is 0.478 e. The Kier molecular flexibility index (Phi) is 3.94. The van der Waals surface area contributed by atoms with Crippen molar-refractivity contribution < 1.29 is 9.90 Å². The quantitative estimate of drug-likeness (QED) is 0.911. The van der Waals surface area contributed by atoms with Gasteiger partial charge in [0.05, 0.1) is 5.56 Å². The van der Waals surface area contributed by atoms with Crippen LogP contribution in [0.2, 0.25) is 0 Å². The van der Waals surface area contributed by atoms with Crippen molar-refractivity contribution in [2.75, 3.05) is 5.32 Å². The van der Waals surface area contributed by atoms with Crippen LogP contribution in [0.1, 0.15) is 15.9 Å². The fraction of sp³-hybridized carbons (Fsp3) is 0.0769. The Balaban J connectivity index is 2.13. The third-order valence-electron chi connectivity index (χ3n) is 2.40. The van der Waals surface area contributed by atoms with Crippen molar-refractivity contribution in [1.29, 1.82) is 0 Å². The summed E-state index contributed by atoms with van der Waals surface area (Å²) in [6.07, 6.45) is 3.44. The highest BCUT2D eigenvalue weighted by atomic mass is 79.9. The van der Waals surface area contributed by atoms with E-state index in [-0.39, 0.29) is 5.56 Å². The molecule has 2 aromatic rings. The minimum atomic E-state index is -0.939. The van der Waals surface area contributed by atoms with E-state index in [0.717, 1.165) is 10.0 Å². The molecule has 1 aromatic heterocycles. The average molecular weight is 307 g/mol. The fourth-order valence-corrected chi connectivity index (χ4v) is 1.99. The second kappa shape index (κ2) is 5.64. The van der Waals surface area contributed by atoms with Crippen molar-refractivity contribution in [2.45, 2.75) is 6.54 Å². The van der Waals surface area contributed by atoms with E-state index in [4.69, 9.17) is 5.11 Å². The molecule has 4 nitrogen and oxygen atoms in total. The summed E-state index contributed by atoms with van der Waals surface area (Å²) in [5, 5.41) is 12.1. The highest BCUT2D eigenvalue weighted by Crippen LogP contribution is 2.17. The number of carboxylic acids is 1. The molecule has 92 valence electrons. The molecule has 1 aromatic carbocycles. The molecule has 0 bridgehead atoms. The van der Waals surface area contributed by atoms with Gasteiger partial charge in [0, 0.05) is 29.1 Å². The van der Waals surface area contributed by atoms with E-state index in [1.54, 1.807) is 36.7 Å². The molecule has 1 heterocycles. The van der Waals surface area contributed by atoms with Gasteiger partial charge in [-0.15, -0.1) is 0 Å². The van der Waals surface area contributed by atoms with Crippen LogP contribution in [0, 0.1) is 0 Å². The minimum absolute atomic E-state index is 0.264. The first kappa shape index (κ1) is 12.6. The van der Waals surface area contributed by atoms with Gasteiger partial charge in [0.2, 0.25) is 0 Å². The number of benzene rings is 1. The number of hydrogen-bond acceptors (Lipinski definition) is 3. The molecule has 0 saturated carbocycles. The fourth-order valence-electron chi connectivity index (χ4n) is 1.57. The number of pyridine rings is 1. The molecule has 0 atom stereocenters. The summed E-state index contributed by atoms with van der Waals surface area (Å²) in [7, 11) is 0. The molecule has 0 aliphatic heterocycles. The van der Waals surface area contributed by atoms with Crippen LogP contribution in [0.3, 0.4) is 0 Å². The molecule has 5 heteroatoms. The molecule has 18 heavy (non-hydrogen) atoms. The minimum Gasteiger partial charge on any atom is -0.478 e. The van der Waals surface area contributed by atoms with Gasteiger partial charge in [0.1, 0.15) is 0 Å². The van der Waals surface area contributed by atoms with Gasteiger partial charge < -0.3 is 10.4 Å². The van der Waals surface area contributed by atoms with Gasteiger partial charge >= 0.3 is 5.97 Å². The third kappa shape index (κ3) is 3.07. The smallest absolute Gasteiger partial charge is 0.337 e. The predicted molar refractivity (Wildman–Crippen MR) is 72.7 cm³/mol. The van der Waals surface area contributed by atoms with Crippen LogP contribution in [0.25, 0.3) is 0 Å². The Labute approximate surface area is 113 Å². The van der Waals surface area contributed by atoms with Crippen molar-refractivity contribution in [3.63, 3.8) is 0 Å². The maximum atomic E-state index is 11.0. The van der Waals surface area contributed by atoms with Gasteiger partial charge in [-0.1, -0.05) is 12.1 Å². The van der Waals surface area contributed by atoms with Crippen molar-refractivity contribution >= 4 is 27.6 Å². The van der Waals surface area contributed by atoms with E-state index in [2.05, 4.69) is 26.2 Å². The van der Waals surface area contributed by atoms with Gasteiger partial charge in [-0.25, -0.2) is 4.79 Å². The number of aromatic carboxylic acids is 1. The first-order chi connectivity index (χ1) is 8.66. The lowest BCUT2D eigenvalue weighted by Crippen LogP contribution is -2.06. The van der Waals surface area contributed by atoms with Crippen LogP contribution in [0.15, 0.2) is 47.2 Å². The number of nitrogens with zero attached hydrogens (tertiary/aromatic N) is 1. The zero-order valence-corrected chi connectivity index (χ0v) is 11.0. The Morgan fingerprint density at radius 1 is 1.33 bits per heavy atom. The van der Waals surface area contributed by atoms with Gasteiger partial charge in [-0.3, -0.25) is 4.98 Å². The highest BCUT2D eigenvalue weighted by molar-refractivity contribution is 9.10. The van der Waals surface area contributed by atoms with Gasteiger partial charge in [0.15, 0.2) is 0 Å². The number of aromatic nitrogens is 1. The summed E-state index contributed by atoms with van der Waals surface area (Å²) in [5.41, 5.74) is 1.84. The number of carboxylic acid groups (broad SMARTS) is 1. The molecule has 0 fully saturated rings. The second-order valence-corrected chi connectivity index (χ2v) is 4.63. The molecule has 0 radical (unpaired) electrons. The van der Waals surface area contributed by atoms with Crippen LogP contribution in [0.4, 0.5) is 5.69 Å². The summed E-state index contributed by atoms with van der Waals surface area (Å²) in [4.78, 5) is 15.1. The number of rotatable bonds is 4. The number of anilines is 1. The van der Waals surface area contributed by atoms with Gasteiger partial charge in [-0.05, 0) is 39.7 Å². The normalized spacial score (nSPS) is 10.1. The van der Waals surface area contributed by atoms with Gasteiger partial charge in [-0.2, -0.15) is 0 Å². The second-order valence-electron chi connectivity index (χ2n) is 3.72. The number of carbonyl (C=O) groups is 1. The van der Waals surface area contributed by atoms with Crippen molar-refractivity contribution in [3.8, 4) is 0 Å². The van der Waals surface area contributed by atoms with Crippen LogP contribution in [0.5, 0.6) is 0 Å². The zero-order valence-electron chi connectivity index (χ0n) is 9.43. The number of nitrogens with one attached hydrogen (secondary N) is 1. The third-order valence-corrected chi connectivity index (χ3v) is 2.84. The molecule has 0 aliphatic rings. The zero-order chi connectivity index (χ0) is 13.0. The standard InChI is InChI=1S/C13H11BrN2O2/c14-10-5-9(6-15-8-10)7-16-12-4-2-1-3-11(12)13(17)18/h1-6,8,16H,7H2,(H,17,18). The highest BCUT2D eigenvalue weighted by Gasteiger charge is 2.08. The molecule has 0 saturated heterocycles. The average Bonchev–Trinajstić information content (AvgIpc) is 2.37. The van der Waals surface area contributed by atoms with Crippen LogP contribution in [-0.4, -0.2) is 16.1 Å². The maximum Gasteiger partial charge on any atom is 0.337 e. The first-order valence-electron chi connectivity index (χ1n) is 5.32. The summed E-state index contributed by atoms with van der Waals surface area (Å²) < 4.78 is 0.897. The van der Waals surface area contributed by atoms with E-state index < -0.39 is 5.97 Å². The van der Waals surface area contributed by atoms with E-state index in [1.807, 2.05) is 6.07 Å². The van der Waals surface area contributed by atoms with Crippen molar-refractivity contribution in [2.24, 2.45) is 0 Å². The number of hydrogen-bond donors (Lipinski definition) is 2. The molecule has 2 rings (SSSR count). The van der Waals surface area contributed by atoms with E-state index in [9.17, 15) is 4.79 Å². The van der Waals surface area contributed by atoms with Gasteiger partial charge in [0.25, 0.3) is 0 Å². The molecule has 0 unspecified atom stereocenters. The van der Waals surface area contributed by atoms with Crippen LogP contribution >= 0.6 is 15.9 Å². The van der Waals surface area contributed by atoms with Crippen LogP contribution < -0.4 is 5.32 Å². The molecule has 2 N–H and O–H groups in total. The molecule has 0 spiro atoms. The van der Waals surface area contributed by atoms with Crippen LogP contribution in [-0.2, 0) is 6.54 Å². The van der Waals surface area contributed by atoms with Crippen molar-refractivity contribution in [3.05, 3.63) is 58.3 Å². The van der Waals surface area contributed by atoms with E-state index >= 15 is 0 Å². The lowest BCUT2D eigenvalue weighted by atomic mass is 10.1. The molecular formula is C13H11BrN2O2. The Hall–Kier alpha value is -1.88. The monoisotopic (exact) mass is 306 g/mol. The summed E-state index contributed by atoms with van der Waals surface area (Å²) in [5.74, 6) is -0.939. The SMILES string of the molecule is O=C(O)c1ccccc1NCc1cncc(Br)c1. The summed E-state index contributed by atoms with van der Waals surface area (Å²) in [6.45, 7) is 0.525. The molecular weight excluding hydrogens is 296 g/mol. The Morgan fingerprint density at radius 2 is 2.11 bits per heavy atom. The summed E-state index contributed by atoms with van der Waals surface area (Å²) in [6, 6.07) is 8.76. The first-order valence-corrected chi connectivity index (χ1v) is 6.12. The van der Waals surface area contributed by atoms with E-state index in [0.29, 0.717) is 12.2 Å². The Bertz CT molecular complexity index is 572. The van der Waals surface area contributed by atoms with E-state index in [1.165, 1.54) is 0 Å².